The SMILES string of the molecule is C[C@H](CCO)C1(CNC(=O)CCc2ccc(-c3ccccc3F)o2)CCC1. The zero-order chi connectivity index (χ0) is 19.3. The van der Waals surface area contributed by atoms with Gasteiger partial charge >= 0.3 is 0 Å². The summed E-state index contributed by atoms with van der Waals surface area (Å²) in [4.78, 5) is 12.3. The molecule has 1 aromatic heterocycles. The molecule has 1 aliphatic carbocycles. The largest absolute Gasteiger partial charge is 0.461 e. The molecule has 0 aliphatic heterocycles. The third kappa shape index (κ3) is 4.59. The van der Waals surface area contributed by atoms with E-state index in [9.17, 15) is 14.3 Å². The van der Waals surface area contributed by atoms with Gasteiger partial charge in [-0.3, -0.25) is 4.79 Å². The number of furan rings is 1. The molecule has 4 nitrogen and oxygen atoms in total. The van der Waals surface area contributed by atoms with Crippen LogP contribution in [-0.2, 0) is 11.2 Å². The number of aryl methyl sites for hydroxylation is 1. The van der Waals surface area contributed by atoms with Gasteiger partial charge in [-0.2, -0.15) is 0 Å². The summed E-state index contributed by atoms with van der Waals surface area (Å²) in [6.45, 7) is 3.03. The lowest BCUT2D eigenvalue weighted by Gasteiger charge is -2.47. The van der Waals surface area contributed by atoms with Crippen LogP contribution in [0.2, 0.25) is 0 Å². The number of hydrogen-bond donors (Lipinski definition) is 2. The number of amides is 1. The van der Waals surface area contributed by atoms with Crippen LogP contribution >= 0.6 is 0 Å². The summed E-state index contributed by atoms with van der Waals surface area (Å²) < 4.78 is 19.5. The number of hydrogen-bond acceptors (Lipinski definition) is 3. The molecule has 1 heterocycles. The number of halogens is 1. The number of aliphatic hydroxyl groups is 1. The first-order chi connectivity index (χ1) is 13.0. The van der Waals surface area contributed by atoms with Gasteiger partial charge in [-0.15, -0.1) is 0 Å². The van der Waals surface area contributed by atoms with E-state index in [4.69, 9.17) is 4.42 Å². The standard InChI is InChI=1S/C22H28FNO3/c1-16(11-14-25)22(12-4-13-22)15-24-21(26)10-8-17-7-9-20(27-17)18-5-2-3-6-19(18)23/h2-3,5-7,9,16,25H,4,8,10-15H2,1H3,(H,24,26)/t16-/m1/s1. The Bertz CT molecular complexity index is 766. The van der Waals surface area contributed by atoms with Crippen molar-refractivity contribution in [3.05, 3.63) is 48.0 Å². The predicted molar refractivity (Wildman–Crippen MR) is 103 cm³/mol. The number of carbonyl (C=O) groups excluding carboxylic acids is 1. The predicted octanol–water partition coefficient (Wildman–Crippen LogP) is 4.32. The van der Waals surface area contributed by atoms with Gasteiger partial charge in [-0.1, -0.05) is 25.5 Å². The Labute approximate surface area is 159 Å². The Morgan fingerprint density at radius 3 is 2.74 bits per heavy atom. The summed E-state index contributed by atoms with van der Waals surface area (Å²) in [7, 11) is 0. The monoisotopic (exact) mass is 373 g/mol. The maximum absolute atomic E-state index is 13.8. The lowest BCUT2D eigenvalue weighted by Crippen LogP contribution is -2.46. The average Bonchev–Trinajstić information content (AvgIpc) is 3.08. The van der Waals surface area contributed by atoms with E-state index in [1.165, 1.54) is 12.5 Å². The van der Waals surface area contributed by atoms with Crippen LogP contribution in [0.4, 0.5) is 4.39 Å². The van der Waals surface area contributed by atoms with Crippen LogP contribution in [0, 0.1) is 17.2 Å². The average molecular weight is 373 g/mol. The lowest BCUT2D eigenvalue weighted by molar-refractivity contribution is -0.122. The zero-order valence-corrected chi connectivity index (χ0v) is 15.8. The van der Waals surface area contributed by atoms with Gasteiger partial charge in [-0.25, -0.2) is 4.39 Å². The van der Waals surface area contributed by atoms with Gasteiger partial charge < -0.3 is 14.8 Å². The Morgan fingerprint density at radius 1 is 1.30 bits per heavy atom. The van der Waals surface area contributed by atoms with Crippen molar-refractivity contribution < 1.29 is 18.7 Å². The van der Waals surface area contributed by atoms with Gasteiger partial charge in [0.1, 0.15) is 17.3 Å². The molecule has 1 aromatic carbocycles. The fourth-order valence-corrected chi connectivity index (χ4v) is 3.89. The van der Waals surface area contributed by atoms with Crippen molar-refractivity contribution in [1.82, 2.24) is 5.32 Å². The summed E-state index contributed by atoms with van der Waals surface area (Å²) in [5, 5.41) is 12.2. The van der Waals surface area contributed by atoms with Crippen molar-refractivity contribution in [3.63, 3.8) is 0 Å². The smallest absolute Gasteiger partial charge is 0.220 e. The second-order valence-corrected chi connectivity index (χ2v) is 7.65. The van der Waals surface area contributed by atoms with Gasteiger partial charge in [0.2, 0.25) is 5.91 Å². The molecular weight excluding hydrogens is 345 g/mol. The first-order valence-electron chi connectivity index (χ1n) is 9.75. The van der Waals surface area contributed by atoms with Crippen molar-refractivity contribution in [2.24, 2.45) is 11.3 Å². The zero-order valence-electron chi connectivity index (χ0n) is 15.8. The van der Waals surface area contributed by atoms with Crippen molar-refractivity contribution in [2.45, 2.75) is 45.4 Å². The maximum atomic E-state index is 13.8. The molecule has 0 radical (unpaired) electrons. The van der Waals surface area contributed by atoms with Gasteiger partial charge in [-0.05, 0) is 54.9 Å². The summed E-state index contributed by atoms with van der Waals surface area (Å²) in [6, 6.07) is 10.0. The van der Waals surface area contributed by atoms with Crippen LogP contribution in [0.5, 0.6) is 0 Å². The van der Waals surface area contributed by atoms with Crippen molar-refractivity contribution in [2.75, 3.05) is 13.2 Å². The molecule has 27 heavy (non-hydrogen) atoms. The van der Waals surface area contributed by atoms with E-state index in [0.717, 1.165) is 19.3 Å². The molecule has 0 saturated heterocycles. The van der Waals surface area contributed by atoms with Crippen LogP contribution in [0.25, 0.3) is 11.3 Å². The molecule has 5 heteroatoms. The third-order valence-electron chi connectivity index (χ3n) is 5.99. The highest BCUT2D eigenvalue weighted by Gasteiger charge is 2.41. The Kier molecular flexibility index (Phi) is 6.32. The Morgan fingerprint density at radius 2 is 2.07 bits per heavy atom. The third-order valence-corrected chi connectivity index (χ3v) is 5.99. The van der Waals surface area contributed by atoms with Crippen LogP contribution in [0.1, 0.15) is 44.8 Å². The molecule has 0 spiro atoms. The number of aliphatic hydroxyl groups excluding tert-OH is 1. The van der Waals surface area contributed by atoms with Gasteiger partial charge in [0.15, 0.2) is 0 Å². The highest BCUT2D eigenvalue weighted by molar-refractivity contribution is 5.76. The molecule has 0 bridgehead atoms. The van der Waals surface area contributed by atoms with Gasteiger partial charge in [0, 0.05) is 26.0 Å². The molecule has 146 valence electrons. The van der Waals surface area contributed by atoms with Crippen molar-refractivity contribution in [3.8, 4) is 11.3 Å². The fourth-order valence-electron chi connectivity index (χ4n) is 3.89. The minimum atomic E-state index is -0.320. The molecule has 1 atom stereocenters. The van der Waals surface area contributed by atoms with E-state index in [0.29, 0.717) is 42.4 Å². The highest BCUT2D eigenvalue weighted by Crippen LogP contribution is 2.47. The minimum absolute atomic E-state index is 0.00122. The van der Waals surface area contributed by atoms with Crippen LogP contribution in [0.3, 0.4) is 0 Å². The maximum Gasteiger partial charge on any atom is 0.220 e. The lowest BCUT2D eigenvalue weighted by atomic mass is 9.60. The summed E-state index contributed by atoms with van der Waals surface area (Å²) in [5.41, 5.74) is 0.569. The second-order valence-electron chi connectivity index (χ2n) is 7.65. The first kappa shape index (κ1) is 19.6. The number of rotatable bonds is 9. The molecule has 1 aliphatic rings. The molecule has 1 fully saturated rings. The van der Waals surface area contributed by atoms with E-state index < -0.39 is 0 Å². The molecule has 3 rings (SSSR count). The van der Waals surface area contributed by atoms with E-state index in [1.54, 1.807) is 30.3 Å². The topological polar surface area (TPSA) is 62.5 Å². The van der Waals surface area contributed by atoms with Crippen molar-refractivity contribution >= 4 is 5.91 Å². The van der Waals surface area contributed by atoms with Gasteiger partial charge in [0.05, 0.1) is 5.56 Å². The summed E-state index contributed by atoms with van der Waals surface area (Å²) >= 11 is 0. The molecule has 1 saturated carbocycles. The fraction of sp³-hybridized carbons (Fsp3) is 0.500. The van der Waals surface area contributed by atoms with Gasteiger partial charge in [0.25, 0.3) is 0 Å². The van der Waals surface area contributed by atoms with Crippen molar-refractivity contribution in [1.29, 1.82) is 0 Å². The van der Waals surface area contributed by atoms with Crippen LogP contribution in [-0.4, -0.2) is 24.2 Å². The van der Waals surface area contributed by atoms with Crippen LogP contribution in [0.15, 0.2) is 40.8 Å². The highest BCUT2D eigenvalue weighted by atomic mass is 19.1. The minimum Gasteiger partial charge on any atom is -0.461 e. The second kappa shape index (κ2) is 8.70. The quantitative estimate of drug-likeness (QED) is 0.688. The first-order valence-corrected chi connectivity index (χ1v) is 9.75. The molecular formula is C22H28FNO3. The van der Waals surface area contributed by atoms with E-state index >= 15 is 0 Å². The van der Waals surface area contributed by atoms with Crippen LogP contribution < -0.4 is 5.32 Å². The summed E-state index contributed by atoms with van der Waals surface area (Å²) in [6.07, 6.45) is 5.02. The molecule has 0 unspecified atom stereocenters. The van der Waals surface area contributed by atoms with E-state index in [-0.39, 0.29) is 23.7 Å². The molecule has 2 aromatic rings. The number of benzene rings is 1. The number of nitrogens with one attached hydrogen (secondary N) is 1. The Balaban J connectivity index is 1.49. The Hall–Kier alpha value is -2.14. The van der Waals surface area contributed by atoms with E-state index in [1.807, 2.05) is 0 Å². The normalized spacial score (nSPS) is 16.6. The molecule has 2 N–H and O–H groups in total. The number of carbonyl (C=O) groups is 1. The molecule has 1 amide bonds. The summed E-state index contributed by atoms with van der Waals surface area (Å²) in [5.74, 6) is 1.25. The van der Waals surface area contributed by atoms with E-state index in [2.05, 4.69) is 12.2 Å².